The van der Waals surface area contributed by atoms with Gasteiger partial charge in [-0.1, -0.05) is 43.3 Å². The molecule has 4 atom stereocenters. The van der Waals surface area contributed by atoms with Crippen molar-refractivity contribution in [1.82, 2.24) is 0 Å². The summed E-state index contributed by atoms with van der Waals surface area (Å²) in [4.78, 5) is 13.7. The van der Waals surface area contributed by atoms with E-state index in [-0.39, 0.29) is 27.0 Å². The van der Waals surface area contributed by atoms with Crippen LogP contribution in [0.5, 0.6) is 0 Å². The maximum Gasteiger partial charge on any atom is 0.282 e. The fraction of sp³-hybridized carbons (Fsp3) is 0.370. The predicted molar refractivity (Wildman–Crippen MR) is 137 cm³/mol. The lowest BCUT2D eigenvalue weighted by Gasteiger charge is -2.47. The molecule has 10 heteroatoms. The Labute approximate surface area is 216 Å². The predicted octanol–water partition coefficient (Wildman–Crippen LogP) is 3.75. The molecule has 8 nitrogen and oxygen atoms in total. The quantitative estimate of drug-likeness (QED) is 0.585. The zero-order valence-electron chi connectivity index (χ0n) is 20.6. The highest BCUT2D eigenvalue weighted by Gasteiger charge is 2.83. The van der Waals surface area contributed by atoms with Crippen molar-refractivity contribution in [2.45, 2.75) is 55.1 Å². The minimum absolute atomic E-state index is 0.0279. The van der Waals surface area contributed by atoms with Gasteiger partial charge in [0.05, 0.1) is 37.6 Å². The van der Waals surface area contributed by atoms with Crippen LogP contribution in [-0.2, 0) is 29.6 Å². The third kappa shape index (κ3) is 3.18. The number of hydrogen-bond acceptors (Lipinski definition) is 6. The molecule has 2 aliphatic heterocycles. The van der Waals surface area contributed by atoms with Gasteiger partial charge < -0.3 is 4.74 Å². The first-order chi connectivity index (χ1) is 17.4. The molecule has 2 heterocycles. The highest BCUT2D eigenvalue weighted by molar-refractivity contribution is 7.90. The van der Waals surface area contributed by atoms with Gasteiger partial charge in [0.2, 0.25) is 0 Å². The number of benzene rings is 2. The monoisotopic (exact) mass is 538 g/mol. The molecule has 1 saturated carbocycles. The number of hydrogen-bond donors (Lipinski definition) is 0. The van der Waals surface area contributed by atoms with E-state index >= 15 is 0 Å². The third-order valence-electron chi connectivity index (χ3n) is 8.57. The Morgan fingerprint density at radius 1 is 0.838 bits per heavy atom. The molecule has 0 aromatic heterocycles. The standard InChI is InChI=1S/C27H26N2O6S2/c1-17-16-20(28-36(31,32)18-10-6-4-7-11-18)25(2)22(26(3)27(14-15-27)23(30)24(25)35-26)21(17)29-37(33,34)19-12-8-5-9-13-19/h4-13,16,22,24H,14-15H2,1-3H3/b28-20+,29-21+/t22-,24+,25+,26+/m0/s1. The lowest BCUT2D eigenvalue weighted by Crippen LogP contribution is -2.60. The fourth-order valence-electron chi connectivity index (χ4n) is 6.53. The lowest BCUT2D eigenvalue weighted by molar-refractivity contribution is -0.128. The molecular formula is C27H26N2O6S2. The highest BCUT2D eigenvalue weighted by atomic mass is 32.2. The van der Waals surface area contributed by atoms with Crippen LogP contribution in [-0.4, -0.2) is 45.7 Å². The number of ether oxygens (including phenoxy) is 1. The molecule has 1 spiro atoms. The second-order valence-electron chi connectivity index (χ2n) is 10.6. The van der Waals surface area contributed by atoms with Gasteiger partial charge in [-0.2, -0.15) is 25.6 Å². The van der Waals surface area contributed by atoms with Gasteiger partial charge in [-0.05, 0) is 62.6 Å². The molecule has 3 fully saturated rings. The van der Waals surface area contributed by atoms with E-state index in [1.807, 2.05) is 6.92 Å². The first-order valence-electron chi connectivity index (χ1n) is 12.1. The molecule has 2 bridgehead atoms. The van der Waals surface area contributed by atoms with Crippen LogP contribution in [0.4, 0.5) is 0 Å². The first kappa shape index (κ1) is 24.4. The second-order valence-corrected chi connectivity index (χ2v) is 13.8. The van der Waals surface area contributed by atoms with Gasteiger partial charge in [-0.15, -0.1) is 0 Å². The maximum atomic E-state index is 13.6. The number of allylic oxidation sites excluding steroid dienone is 2. The van der Waals surface area contributed by atoms with Crippen molar-refractivity contribution in [3.63, 3.8) is 0 Å². The van der Waals surface area contributed by atoms with Crippen molar-refractivity contribution in [1.29, 1.82) is 0 Å². The first-order valence-corrected chi connectivity index (χ1v) is 15.0. The maximum absolute atomic E-state index is 13.6. The summed E-state index contributed by atoms with van der Waals surface area (Å²) in [5, 5.41) is 0. The van der Waals surface area contributed by atoms with E-state index in [4.69, 9.17) is 4.74 Å². The zero-order valence-corrected chi connectivity index (χ0v) is 22.2. The minimum Gasteiger partial charge on any atom is -0.361 e. The van der Waals surface area contributed by atoms with Crippen molar-refractivity contribution in [3.05, 3.63) is 72.3 Å². The average Bonchev–Trinajstić information content (AvgIpc) is 3.60. The van der Waals surface area contributed by atoms with Gasteiger partial charge in [0.1, 0.15) is 6.10 Å². The van der Waals surface area contributed by atoms with Crippen molar-refractivity contribution >= 4 is 37.3 Å². The molecule has 2 aromatic carbocycles. The molecule has 0 radical (unpaired) electrons. The fourth-order valence-corrected chi connectivity index (χ4v) is 8.75. The lowest BCUT2D eigenvalue weighted by atomic mass is 9.52. The SMILES string of the molecule is CC1=CC(=N\S(=O)(=O)c2ccccc2)/[C@@]2(C)[C@@H]3O[C@](C)([C@H]2/C1=N/S(=O)(=O)c1ccccc1)C1(CC1)C3=O. The minimum atomic E-state index is -4.10. The van der Waals surface area contributed by atoms with Gasteiger partial charge in [0.15, 0.2) is 5.78 Å². The topological polar surface area (TPSA) is 119 Å². The molecular weight excluding hydrogens is 512 g/mol. The summed E-state index contributed by atoms with van der Waals surface area (Å²) in [6.45, 7) is 5.27. The number of carbonyl (C=O) groups is 1. The molecule has 6 rings (SSSR count). The summed E-state index contributed by atoms with van der Waals surface area (Å²) >= 11 is 0. The van der Waals surface area contributed by atoms with Crippen LogP contribution in [0.3, 0.4) is 0 Å². The Bertz CT molecular complexity index is 1640. The Morgan fingerprint density at radius 3 is 1.86 bits per heavy atom. The molecule has 0 N–H and O–H groups in total. The largest absolute Gasteiger partial charge is 0.361 e. The average molecular weight is 539 g/mol. The summed E-state index contributed by atoms with van der Waals surface area (Å²) in [5.41, 5.74) is -2.04. The van der Waals surface area contributed by atoms with Gasteiger partial charge in [-0.25, -0.2) is 0 Å². The number of ketones is 1. The molecule has 0 unspecified atom stereocenters. The number of sulfonamides is 2. The number of Topliss-reactive ketones (excluding diaryl/α,β-unsaturated/α-hetero) is 1. The smallest absolute Gasteiger partial charge is 0.282 e. The Hall–Kier alpha value is -2.95. The van der Waals surface area contributed by atoms with E-state index in [9.17, 15) is 21.6 Å². The summed E-state index contributed by atoms with van der Waals surface area (Å²) in [7, 11) is -8.18. The van der Waals surface area contributed by atoms with Crippen molar-refractivity contribution in [2.24, 2.45) is 25.5 Å². The van der Waals surface area contributed by atoms with Gasteiger partial charge in [0.25, 0.3) is 20.0 Å². The van der Waals surface area contributed by atoms with Crippen molar-refractivity contribution in [3.8, 4) is 0 Å². The van der Waals surface area contributed by atoms with E-state index in [2.05, 4.69) is 8.80 Å². The summed E-state index contributed by atoms with van der Waals surface area (Å²) in [6, 6.07) is 15.8. The van der Waals surface area contributed by atoms with E-state index in [1.54, 1.807) is 50.2 Å². The normalized spacial score (nSPS) is 34.1. The van der Waals surface area contributed by atoms with E-state index in [0.29, 0.717) is 18.4 Å². The number of carbonyl (C=O) groups excluding carboxylic acids is 1. The molecule has 2 aromatic rings. The summed E-state index contributed by atoms with van der Waals surface area (Å²) in [5.74, 6) is -0.754. The molecule has 2 saturated heterocycles. The van der Waals surface area contributed by atoms with Gasteiger partial charge in [0, 0.05) is 5.92 Å². The molecule has 2 aliphatic carbocycles. The van der Waals surface area contributed by atoms with Crippen LogP contribution in [0.2, 0.25) is 0 Å². The third-order valence-corrected chi connectivity index (χ3v) is 11.2. The van der Waals surface area contributed by atoms with Crippen LogP contribution < -0.4 is 0 Å². The van der Waals surface area contributed by atoms with Crippen LogP contribution in [0, 0.1) is 16.7 Å². The highest BCUT2D eigenvalue weighted by Crippen LogP contribution is 2.74. The molecule has 37 heavy (non-hydrogen) atoms. The van der Waals surface area contributed by atoms with Crippen molar-refractivity contribution < 1.29 is 26.4 Å². The van der Waals surface area contributed by atoms with Crippen molar-refractivity contribution in [2.75, 3.05) is 0 Å². The van der Waals surface area contributed by atoms with E-state index in [0.717, 1.165) is 0 Å². The number of nitrogens with zero attached hydrogens (tertiary/aromatic N) is 2. The van der Waals surface area contributed by atoms with Crippen LogP contribution in [0.1, 0.15) is 33.6 Å². The Balaban J connectivity index is 1.59. The van der Waals surface area contributed by atoms with Crippen LogP contribution in [0.15, 0.2) is 90.9 Å². The van der Waals surface area contributed by atoms with Gasteiger partial charge >= 0.3 is 0 Å². The molecule has 4 aliphatic rings. The Morgan fingerprint density at radius 2 is 1.35 bits per heavy atom. The van der Waals surface area contributed by atoms with Gasteiger partial charge in [-0.3, -0.25) is 4.79 Å². The summed E-state index contributed by atoms with van der Waals surface area (Å²) < 4.78 is 68.2. The number of rotatable bonds is 4. The van der Waals surface area contributed by atoms with E-state index < -0.39 is 48.5 Å². The van der Waals surface area contributed by atoms with Crippen LogP contribution >= 0.6 is 0 Å². The van der Waals surface area contributed by atoms with Crippen LogP contribution in [0.25, 0.3) is 0 Å². The second kappa shape index (κ2) is 7.55. The van der Waals surface area contributed by atoms with E-state index in [1.165, 1.54) is 30.3 Å². The summed E-state index contributed by atoms with van der Waals surface area (Å²) in [6.07, 6.45) is 1.86. The molecule has 0 amide bonds. The zero-order chi connectivity index (χ0) is 26.4. The molecule has 192 valence electrons. The Kier molecular flexibility index (Phi) is 4.98. The number of fused-ring (bicyclic) bond motifs is 6.